The minimum atomic E-state index is 0.550. The Bertz CT molecular complexity index is 234. The molecule has 0 radical (unpaired) electrons. The van der Waals surface area contributed by atoms with E-state index >= 15 is 0 Å². The SMILES string of the molecule is CC(C)C=C1NC=CC=C1CN. The first-order valence-electron chi connectivity index (χ1n) is 4.28. The second-order valence-electron chi connectivity index (χ2n) is 3.22. The molecule has 1 rings (SSSR count). The summed E-state index contributed by atoms with van der Waals surface area (Å²) < 4.78 is 0. The van der Waals surface area contributed by atoms with Gasteiger partial charge in [-0.05, 0) is 17.6 Å². The van der Waals surface area contributed by atoms with E-state index in [1.807, 2.05) is 18.4 Å². The Hall–Kier alpha value is -1.02. The van der Waals surface area contributed by atoms with Crippen LogP contribution in [0.2, 0.25) is 0 Å². The maximum Gasteiger partial charge on any atom is 0.0387 e. The lowest BCUT2D eigenvalue weighted by Gasteiger charge is -2.14. The monoisotopic (exact) mass is 164 g/mol. The number of hydrogen-bond donors (Lipinski definition) is 2. The van der Waals surface area contributed by atoms with Crippen LogP contribution in [0.5, 0.6) is 0 Å². The van der Waals surface area contributed by atoms with E-state index in [4.69, 9.17) is 5.73 Å². The van der Waals surface area contributed by atoms with E-state index in [1.54, 1.807) is 0 Å². The molecule has 0 aromatic rings. The summed E-state index contributed by atoms with van der Waals surface area (Å²) >= 11 is 0. The summed E-state index contributed by atoms with van der Waals surface area (Å²) in [7, 11) is 0. The summed E-state index contributed by atoms with van der Waals surface area (Å²) in [6.45, 7) is 4.90. The highest BCUT2D eigenvalue weighted by Crippen LogP contribution is 2.12. The molecule has 0 fully saturated rings. The number of rotatable bonds is 2. The molecule has 0 aromatic heterocycles. The Balaban J connectivity index is 2.79. The predicted octanol–water partition coefficient (Wildman–Crippen LogP) is 1.53. The lowest BCUT2D eigenvalue weighted by atomic mass is 10.1. The Morgan fingerprint density at radius 3 is 2.92 bits per heavy atom. The summed E-state index contributed by atoms with van der Waals surface area (Å²) in [4.78, 5) is 0. The lowest BCUT2D eigenvalue weighted by Crippen LogP contribution is -2.17. The van der Waals surface area contributed by atoms with Crippen LogP contribution in [0.3, 0.4) is 0 Å². The van der Waals surface area contributed by atoms with Gasteiger partial charge in [0, 0.05) is 18.4 Å². The van der Waals surface area contributed by atoms with Crippen molar-refractivity contribution in [3.05, 3.63) is 35.7 Å². The van der Waals surface area contributed by atoms with Crippen molar-refractivity contribution in [2.75, 3.05) is 6.54 Å². The van der Waals surface area contributed by atoms with Crippen molar-refractivity contribution in [3.63, 3.8) is 0 Å². The average Bonchev–Trinajstić information content (AvgIpc) is 2.04. The van der Waals surface area contributed by atoms with Crippen LogP contribution in [-0.2, 0) is 0 Å². The molecular formula is C10H16N2. The fourth-order valence-electron chi connectivity index (χ4n) is 1.15. The Morgan fingerprint density at radius 1 is 1.58 bits per heavy atom. The van der Waals surface area contributed by atoms with Gasteiger partial charge in [0.2, 0.25) is 0 Å². The van der Waals surface area contributed by atoms with Crippen molar-refractivity contribution >= 4 is 0 Å². The van der Waals surface area contributed by atoms with Gasteiger partial charge in [0.1, 0.15) is 0 Å². The largest absolute Gasteiger partial charge is 0.362 e. The molecule has 0 saturated carbocycles. The first-order chi connectivity index (χ1) is 5.74. The van der Waals surface area contributed by atoms with Crippen LogP contribution in [0.15, 0.2) is 35.7 Å². The molecule has 0 aliphatic carbocycles. The first-order valence-corrected chi connectivity index (χ1v) is 4.28. The average molecular weight is 164 g/mol. The van der Waals surface area contributed by atoms with Crippen LogP contribution < -0.4 is 11.1 Å². The second-order valence-corrected chi connectivity index (χ2v) is 3.22. The normalized spacial score (nSPS) is 19.7. The van der Waals surface area contributed by atoms with Gasteiger partial charge in [-0.3, -0.25) is 0 Å². The molecule has 1 aliphatic rings. The van der Waals surface area contributed by atoms with E-state index in [2.05, 4.69) is 25.2 Å². The van der Waals surface area contributed by atoms with Gasteiger partial charge in [0.05, 0.1) is 0 Å². The van der Waals surface area contributed by atoms with Gasteiger partial charge >= 0.3 is 0 Å². The summed E-state index contributed by atoms with van der Waals surface area (Å²) in [5.74, 6) is 0.550. The van der Waals surface area contributed by atoms with Gasteiger partial charge in [-0.1, -0.05) is 26.0 Å². The van der Waals surface area contributed by atoms with Crippen LogP contribution >= 0.6 is 0 Å². The Kier molecular flexibility index (Phi) is 3.11. The van der Waals surface area contributed by atoms with Gasteiger partial charge < -0.3 is 11.1 Å². The quantitative estimate of drug-likeness (QED) is 0.649. The molecule has 0 saturated heterocycles. The van der Waals surface area contributed by atoms with E-state index in [0.717, 1.165) is 5.70 Å². The summed E-state index contributed by atoms with van der Waals surface area (Å²) in [6.07, 6.45) is 8.13. The minimum Gasteiger partial charge on any atom is -0.362 e. The standard InChI is InChI=1S/C10H16N2/c1-8(2)6-10-9(7-11)4-3-5-12-10/h3-6,8,12H,7,11H2,1-2H3. The fourth-order valence-corrected chi connectivity index (χ4v) is 1.15. The van der Waals surface area contributed by atoms with Crippen LogP contribution in [0.4, 0.5) is 0 Å². The first kappa shape index (κ1) is 9.07. The highest BCUT2D eigenvalue weighted by molar-refractivity contribution is 5.38. The number of nitrogens with two attached hydrogens (primary N) is 1. The predicted molar refractivity (Wildman–Crippen MR) is 52.3 cm³/mol. The van der Waals surface area contributed by atoms with E-state index in [1.165, 1.54) is 5.57 Å². The van der Waals surface area contributed by atoms with Crippen molar-refractivity contribution in [1.82, 2.24) is 5.32 Å². The maximum atomic E-state index is 5.59. The summed E-state index contributed by atoms with van der Waals surface area (Å²) in [6, 6.07) is 0. The van der Waals surface area contributed by atoms with E-state index in [0.29, 0.717) is 12.5 Å². The van der Waals surface area contributed by atoms with E-state index in [9.17, 15) is 0 Å². The smallest absolute Gasteiger partial charge is 0.0387 e. The maximum absolute atomic E-state index is 5.59. The fraction of sp³-hybridized carbons (Fsp3) is 0.400. The Morgan fingerprint density at radius 2 is 2.33 bits per heavy atom. The highest BCUT2D eigenvalue weighted by Gasteiger charge is 2.04. The van der Waals surface area contributed by atoms with E-state index < -0.39 is 0 Å². The topological polar surface area (TPSA) is 38.0 Å². The van der Waals surface area contributed by atoms with Crippen LogP contribution in [0, 0.1) is 5.92 Å². The van der Waals surface area contributed by atoms with Gasteiger partial charge in [-0.25, -0.2) is 0 Å². The molecule has 0 aromatic carbocycles. The van der Waals surface area contributed by atoms with Crippen molar-refractivity contribution in [3.8, 4) is 0 Å². The lowest BCUT2D eigenvalue weighted by molar-refractivity contribution is 0.807. The number of nitrogens with one attached hydrogen (secondary N) is 1. The molecule has 0 bridgehead atoms. The number of hydrogen-bond acceptors (Lipinski definition) is 2. The zero-order valence-electron chi connectivity index (χ0n) is 7.67. The second kappa shape index (κ2) is 4.12. The van der Waals surface area contributed by atoms with Crippen molar-refractivity contribution in [2.24, 2.45) is 11.7 Å². The molecule has 1 aliphatic heterocycles. The van der Waals surface area contributed by atoms with E-state index in [-0.39, 0.29) is 0 Å². The van der Waals surface area contributed by atoms with Gasteiger partial charge in [-0.15, -0.1) is 0 Å². The van der Waals surface area contributed by atoms with Crippen LogP contribution in [0.1, 0.15) is 13.8 Å². The minimum absolute atomic E-state index is 0.550. The molecule has 2 nitrogen and oxygen atoms in total. The van der Waals surface area contributed by atoms with Gasteiger partial charge in [0.15, 0.2) is 0 Å². The van der Waals surface area contributed by atoms with Crippen molar-refractivity contribution in [1.29, 1.82) is 0 Å². The number of dihydropyridines is 1. The van der Waals surface area contributed by atoms with Crippen molar-refractivity contribution in [2.45, 2.75) is 13.8 Å². The van der Waals surface area contributed by atoms with Crippen LogP contribution in [0.25, 0.3) is 0 Å². The number of allylic oxidation sites excluding steroid dienone is 3. The molecule has 1 heterocycles. The summed E-state index contributed by atoms with van der Waals surface area (Å²) in [5.41, 5.74) is 7.91. The molecule has 12 heavy (non-hydrogen) atoms. The van der Waals surface area contributed by atoms with Gasteiger partial charge in [-0.2, -0.15) is 0 Å². The molecule has 3 N–H and O–H groups in total. The molecule has 2 heteroatoms. The zero-order chi connectivity index (χ0) is 8.97. The van der Waals surface area contributed by atoms with Crippen molar-refractivity contribution < 1.29 is 0 Å². The Labute approximate surface area is 73.8 Å². The highest BCUT2D eigenvalue weighted by atomic mass is 14.9. The third-order valence-electron chi connectivity index (χ3n) is 1.70. The molecule has 0 amide bonds. The molecule has 0 spiro atoms. The molecule has 0 atom stereocenters. The summed E-state index contributed by atoms with van der Waals surface area (Å²) in [5, 5.41) is 3.18. The van der Waals surface area contributed by atoms with Gasteiger partial charge in [0.25, 0.3) is 0 Å². The third-order valence-corrected chi connectivity index (χ3v) is 1.70. The third kappa shape index (κ3) is 2.24. The molecule has 0 unspecified atom stereocenters. The molecule has 66 valence electrons. The van der Waals surface area contributed by atoms with Crippen LogP contribution in [-0.4, -0.2) is 6.54 Å². The molecular weight excluding hydrogens is 148 g/mol. The zero-order valence-corrected chi connectivity index (χ0v) is 7.67.